The number of hydrogen-bond donors (Lipinski definition) is 3. The molecule has 0 aliphatic carbocycles. The van der Waals surface area contributed by atoms with E-state index in [0.717, 1.165) is 27.7 Å². The highest BCUT2D eigenvalue weighted by atomic mass is 35.5. The van der Waals surface area contributed by atoms with Crippen molar-refractivity contribution in [3.05, 3.63) is 100 Å². The summed E-state index contributed by atoms with van der Waals surface area (Å²) in [5.41, 5.74) is 4.31. The molecule has 0 saturated carbocycles. The van der Waals surface area contributed by atoms with Crippen molar-refractivity contribution in [2.24, 2.45) is 0 Å². The molecule has 182 valence electrons. The second-order valence-electron chi connectivity index (χ2n) is 8.41. The van der Waals surface area contributed by atoms with E-state index >= 15 is 0 Å². The molecule has 0 unspecified atom stereocenters. The number of H-pyrrole nitrogens is 2. The molecule has 0 spiro atoms. The van der Waals surface area contributed by atoms with Crippen LogP contribution in [0.15, 0.2) is 72.8 Å². The summed E-state index contributed by atoms with van der Waals surface area (Å²) in [5.74, 6) is 0.778. The highest BCUT2D eigenvalue weighted by Crippen LogP contribution is 2.31. The molecule has 0 radical (unpaired) electrons. The summed E-state index contributed by atoms with van der Waals surface area (Å²) in [7, 11) is 0. The summed E-state index contributed by atoms with van der Waals surface area (Å²) in [6.45, 7) is 1.79. The Labute approximate surface area is 217 Å². The van der Waals surface area contributed by atoms with Crippen molar-refractivity contribution in [3.63, 3.8) is 0 Å². The molecule has 36 heavy (non-hydrogen) atoms. The first kappa shape index (κ1) is 23.9. The first-order valence-electron chi connectivity index (χ1n) is 11.4. The van der Waals surface area contributed by atoms with Crippen molar-refractivity contribution in [1.82, 2.24) is 25.5 Å². The van der Waals surface area contributed by atoms with Crippen LogP contribution in [0.3, 0.4) is 0 Å². The number of hydrogen-bond acceptors (Lipinski definition) is 4. The quantitative estimate of drug-likeness (QED) is 0.232. The van der Waals surface area contributed by atoms with Crippen molar-refractivity contribution in [1.29, 1.82) is 0 Å². The monoisotopic (exact) mass is 519 g/mol. The summed E-state index contributed by atoms with van der Waals surface area (Å²) in [6.07, 6.45) is 0.520. The van der Waals surface area contributed by atoms with Gasteiger partial charge in [0.1, 0.15) is 22.4 Å². The molecule has 0 aliphatic heterocycles. The summed E-state index contributed by atoms with van der Waals surface area (Å²) in [5, 5.41) is 12.3. The van der Waals surface area contributed by atoms with E-state index in [2.05, 4.69) is 20.5 Å². The van der Waals surface area contributed by atoms with Crippen molar-refractivity contribution >= 4 is 40.0 Å². The van der Waals surface area contributed by atoms with Crippen molar-refractivity contribution in [2.75, 3.05) is 6.61 Å². The van der Waals surface area contributed by atoms with Crippen LogP contribution in [0.2, 0.25) is 10.2 Å². The summed E-state index contributed by atoms with van der Waals surface area (Å²) in [6, 6.07) is 22.2. The molecule has 1 amide bonds. The van der Waals surface area contributed by atoms with Crippen LogP contribution in [0.4, 0.5) is 0 Å². The average Bonchev–Trinajstić information content (AvgIpc) is 3.45. The van der Waals surface area contributed by atoms with Gasteiger partial charge < -0.3 is 15.0 Å². The highest BCUT2D eigenvalue weighted by molar-refractivity contribution is 6.32. The van der Waals surface area contributed by atoms with E-state index in [0.29, 0.717) is 33.9 Å². The number of rotatable bonds is 8. The van der Waals surface area contributed by atoms with Crippen LogP contribution in [0.25, 0.3) is 22.2 Å². The number of amides is 1. The Morgan fingerprint density at radius 1 is 1.06 bits per heavy atom. The maximum Gasteiger partial charge on any atom is 0.258 e. The third-order valence-corrected chi connectivity index (χ3v) is 6.33. The molecular weight excluding hydrogens is 497 g/mol. The number of carbonyl (C=O) groups is 1. The lowest BCUT2D eigenvalue weighted by molar-refractivity contribution is -0.123. The fourth-order valence-electron chi connectivity index (χ4n) is 4.04. The Kier molecular flexibility index (Phi) is 6.93. The standard InChI is InChI=1S/C27H23Cl2N5O2/c1-16-21-11-10-18(13-22(21)34-33-16)25-26(29)32-27(31-25)23(12-17-6-3-2-4-7-17)30-24(35)15-36-20-9-5-8-19(28)14-20/h2-11,13-14,23H,12,15H2,1H3,(H,30,35)(H,31,32)(H,33,34)/t23-/m0/s1. The third kappa shape index (κ3) is 5.37. The zero-order valence-corrected chi connectivity index (χ0v) is 20.9. The molecule has 9 heteroatoms. The average molecular weight is 520 g/mol. The minimum atomic E-state index is -0.452. The van der Waals surface area contributed by atoms with Gasteiger partial charge in [0.2, 0.25) is 0 Å². The molecule has 1 atom stereocenters. The molecule has 0 saturated heterocycles. The number of nitrogens with zero attached hydrogens (tertiary/aromatic N) is 2. The number of imidazole rings is 1. The Morgan fingerprint density at radius 2 is 1.89 bits per heavy atom. The largest absolute Gasteiger partial charge is 0.484 e. The Morgan fingerprint density at radius 3 is 2.69 bits per heavy atom. The highest BCUT2D eigenvalue weighted by Gasteiger charge is 2.22. The van der Waals surface area contributed by atoms with Gasteiger partial charge in [0, 0.05) is 16.0 Å². The van der Waals surface area contributed by atoms with Gasteiger partial charge in [0.05, 0.1) is 17.3 Å². The molecule has 7 nitrogen and oxygen atoms in total. The van der Waals surface area contributed by atoms with E-state index in [1.165, 1.54) is 0 Å². The number of carbonyl (C=O) groups excluding carboxylic acids is 1. The Bertz CT molecular complexity index is 1510. The molecule has 0 aliphatic rings. The lowest BCUT2D eigenvalue weighted by Gasteiger charge is -2.17. The predicted octanol–water partition coefficient (Wildman–Crippen LogP) is 6.05. The van der Waals surface area contributed by atoms with E-state index in [4.69, 9.17) is 32.9 Å². The van der Waals surface area contributed by atoms with Crippen LogP contribution in [0, 0.1) is 6.92 Å². The summed E-state index contributed by atoms with van der Waals surface area (Å²) < 4.78 is 5.61. The second kappa shape index (κ2) is 10.4. The first-order chi connectivity index (χ1) is 17.5. The molecule has 2 heterocycles. The number of ether oxygens (including phenoxy) is 1. The van der Waals surface area contributed by atoms with Crippen LogP contribution >= 0.6 is 23.2 Å². The van der Waals surface area contributed by atoms with Crippen molar-refractivity contribution in [2.45, 2.75) is 19.4 Å². The lowest BCUT2D eigenvalue weighted by atomic mass is 10.1. The molecule has 0 fully saturated rings. The summed E-state index contributed by atoms with van der Waals surface area (Å²) in [4.78, 5) is 20.8. The zero-order chi connectivity index (χ0) is 25.1. The zero-order valence-electron chi connectivity index (χ0n) is 19.4. The van der Waals surface area contributed by atoms with Gasteiger partial charge in [-0.1, -0.05) is 71.7 Å². The number of benzene rings is 3. The number of aryl methyl sites for hydroxylation is 1. The van der Waals surface area contributed by atoms with E-state index in [1.807, 2.05) is 55.5 Å². The number of fused-ring (bicyclic) bond motifs is 1. The maximum absolute atomic E-state index is 12.8. The number of aromatic nitrogens is 4. The SMILES string of the molecule is Cc1n[nH]c2cc(-c3nc([C@H](Cc4ccccc4)NC(=O)COc4cccc(Cl)c4)[nH]c3Cl)ccc12. The van der Waals surface area contributed by atoms with Gasteiger partial charge in [-0.15, -0.1) is 0 Å². The summed E-state index contributed by atoms with van der Waals surface area (Å²) >= 11 is 12.6. The van der Waals surface area contributed by atoms with Crippen LogP contribution in [0.1, 0.15) is 23.1 Å². The number of halogens is 2. The molecule has 5 rings (SSSR count). The third-order valence-electron chi connectivity index (χ3n) is 5.82. The number of nitrogens with one attached hydrogen (secondary N) is 3. The smallest absolute Gasteiger partial charge is 0.258 e. The topological polar surface area (TPSA) is 95.7 Å². The van der Waals surface area contributed by atoms with Crippen LogP contribution in [-0.4, -0.2) is 32.7 Å². The van der Waals surface area contributed by atoms with E-state index < -0.39 is 6.04 Å². The van der Waals surface area contributed by atoms with Crippen LogP contribution < -0.4 is 10.1 Å². The Balaban J connectivity index is 1.39. The molecule has 3 aromatic carbocycles. The predicted molar refractivity (Wildman–Crippen MR) is 141 cm³/mol. The van der Waals surface area contributed by atoms with E-state index in [9.17, 15) is 4.79 Å². The van der Waals surface area contributed by atoms with Gasteiger partial charge in [-0.2, -0.15) is 5.10 Å². The minimum Gasteiger partial charge on any atom is -0.484 e. The normalized spacial score (nSPS) is 12.0. The van der Waals surface area contributed by atoms with Gasteiger partial charge in [-0.25, -0.2) is 4.98 Å². The Hall–Kier alpha value is -3.81. The molecular formula is C27H23Cl2N5O2. The first-order valence-corrected chi connectivity index (χ1v) is 12.1. The van der Waals surface area contributed by atoms with E-state index in [1.54, 1.807) is 24.3 Å². The van der Waals surface area contributed by atoms with Gasteiger partial charge >= 0.3 is 0 Å². The van der Waals surface area contributed by atoms with Gasteiger partial charge in [0.25, 0.3) is 5.91 Å². The molecule has 2 aromatic heterocycles. The maximum atomic E-state index is 12.8. The van der Waals surface area contributed by atoms with E-state index in [-0.39, 0.29) is 12.5 Å². The minimum absolute atomic E-state index is 0.164. The van der Waals surface area contributed by atoms with Gasteiger partial charge in [0.15, 0.2) is 6.61 Å². The van der Waals surface area contributed by atoms with Crippen LogP contribution in [0.5, 0.6) is 5.75 Å². The second-order valence-corrected chi connectivity index (χ2v) is 9.22. The molecule has 0 bridgehead atoms. The van der Waals surface area contributed by atoms with Gasteiger partial charge in [-0.05, 0) is 43.2 Å². The number of aromatic amines is 2. The lowest BCUT2D eigenvalue weighted by Crippen LogP contribution is -2.34. The van der Waals surface area contributed by atoms with Crippen molar-refractivity contribution < 1.29 is 9.53 Å². The van der Waals surface area contributed by atoms with Gasteiger partial charge in [-0.3, -0.25) is 9.89 Å². The molecule has 3 N–H and O–H groups in total. The fraction of sp³-hybridized carbons (Fsp3) is 0.148. The fourth-order valence-corrected chi connectivity index (χ4v) is 4.47. The van der Waals surface area contributed by atoms with Crippen LogP contribution in [-0.2, 0) is 11.2 Å². The van der Waals surface area contributed by atoms with Crippen molar-refractivity contribution in [3.8, 4) is 17.0 Å². The molecule has 5 aromatic rings.